The zero-order valence-corrected chi connectivity index (χ0v) is 5.90. The zero-order valence-electron chi connectivity index (χ0n) is 5.90. The number of para-hydroxylation sites is 1. The molecule has 0 amide bonds. The van der Waals surface area contributed by atoms with Gasteiger partial charge in [0.2, 0.25) is 0 Å². The van der Waals surface area contributed by atoms with Crippen molar-refractivity contribution in [3.63, 3.8) is 0 Å². The molecule has 54 valence electrons. The molecular formula is C9H7NO. The largest absolute Gasteiger partial charge is 0.256 e. The predicted octanol–water partition coefficient (Wildman–Crippen LogP) is 1.78. The Morgan fingerprint density at radius 1 is 1.27 bits per heavy atom. The van der Waals surface area contributed by atoms with E-state index in [1.807, 2.05) is 30.3 Å². The van der Waals surface area contributed by atoms with Gasteiger partial charge in [0.25, 0.3) is 0 Å². The fourth-order valence-electron chi connectivity index (χ4n) is 0.668. The summed E-state index contributed by atoms with van der Waals surface area (Å²) in [5, 5.41) is 0. The van der Waals surface area contributed by atoms with Crippen LogP contribution in [0, 0.1) is 0 Å². The highest BCUT2D eigenvalue weighted by Gasteiger charge is 1.79. The third kappa shape index (κ3) is 2.61. The van der Waals surface area contributed by atoms with E-state index in [0.717, 1.165) is 5.69 Å². The Morgan fingerprint density at radius 3 is 2.64 bits per heavy atom. The van der Waals surface area contributed by atoms with Crippen LogP contribution in [0.25, 0.3) is 0 Å². The van der Waals surface area contributed by atoms with Crippen LogP contribution in [0.1, 0.15) is 0 Å². The number of hydrogen-bond donors (Lipinski definition) is 0. The Bertz CT molecular complexity index is 284. The first-order valence-electron chi connectivity index (χ1n) is 3.22. The normalized spacial score (nSPS) is 9.45. The van der Waals surface area contributed by atoms with Crippen LogP contribution in [0.5, 0.6) is 0 Å². The van der Waals surface area contributed by atoms with Crippen molar-refractivity contribution in [2.45, 2.75) is 0 Å². The van der Waals surface area contributed by atoms with Crippen LogP contribution in [0.2, 0.25) is 0 Å². The van der Waals surface area contributed by atoms with Gasteiger partial charge in [-0.2, -0.15) is 0 Å². The topological polar surface area (TPSA) is 29.4 Å². The van der Waals surface area contributed by atoms with Crippen molar-refractivity contribution in [2.75, 3.05) is 0 Å². The average Bonchev–Trinajstić information content (AvgIpc) is 2.07. The molecule has 0 aliphatic rings. The minimum Gasteiger partial charge on any atom is -0.256 e. The molecule has 0 aromatic heterocycles. The molecule has 2 heteroatoms. The number of rotatable bonds is 2. The lowest BCUT2D eigenvalue weighted by Gasteiger charge is -1.86. The SMILES string of the molecule is O=C=CC=Nc1ccccc1. The molecule has 0 radical (unpaired) electrons. The number of aliphatic imine (C=N–C) groups is 1. The van der Waals surface area contributed by atoms with Gasteiger partial charge in [-0.3, -0.25) is 4.99 Å². The fourth-order valence-corrected chi connectivity index (χ4v) is 0.668. The molecular weight excluding hydrogens is 138 g/mol. The number of nitrogens with zero attached hydrogens (tertiary/aromatic N) is 1. The summed E-state index contributed by atoms with van der Waals surface area (Å²) < 4.78 is 0. The highest BCUT2D eigenvalue weighted by molar-refractivity contribution is 5.83. The van der Waals surface area contributed by atoms with E-state index >= 15 is 0 Å². The van der Waals surface area contributed by atoms with Crippen LogP contribution in [0.15, 0.2) is 41.4 Å². The fraction of sp³-hybridized carbons (Fsp3) is 0. The van der Waals surface area contributed by atoms with Gasteiger partial charge in [-0.05, 0) is 12.1 Å². The van der Waals surface area contributed by atoms with Crippen molar-refractivity contribution in [1.29, 1.82) is 0 Å². The van der Waals surface area contributed by atoms with E-state index in [9.17, 15) is 4.79 Å². The molecule has 0 spiro atoms. The van der Waals surface area contributed by atoms with Crippen molar-refractivity contribution < 1.29 is 4.79 Å². The molecule has 0 saturated heterocycles. The Morgan fingerprint density at radius 2 is 2.00 bits per heavy atom. The summed E-state index contributed by atoms with van der Waals surface area (Å²) >= 11 is 0. The molecule has 1 rings (SSSR count). The lowest BCUT2D eigenvalue weighted by Crippen LogP contribution is -1.65. The van der Waals surface area contributed by atoms with Crippen molar-refractivity contribution >= 4 is 17.8 Å². The van der Waals surface area contributed by atoms with E-state index in [1.165, 1.54) is 12.3 Å². The molecule has 0 aliphatic heterocycles. The Balaban J connectivity index is 2.72. The minimum absolute atomic E-state index is 0.832. The molecule has 0 bridgehead atoms. The van der Waals surface area contributed by atoms with E-state index in [2.05, 4.69) is 4.99 Å². The maximum absolute atomic E-state index is 9.72. The number of allylic oxidation sites excluding steroid dienone is 1. The van der Waals surface area contributed by atoms with Gasteiger partial charge in [-0.15, -0.1) is 0 Å². The molecule has 0 aliphatic carbocycles. The second-order valence-electron chi connectivity index (χ2n) is 1.90. The lowest BCUT2D eigenvalue weighted by molar-refractivity contribution is 0.569. The quantitative estimate of drug-likeness (QED) is 0.460. The van der Waals surface area contributed by atoms with E-state index in [0.29, 0.717) is 0 Å². The summed E-state index contributed by atoms with van der Waals surface area (Å²) in [4.78, 5) is 13.7. The van der Waals surface area contributed by atoms with Gasteiger partial charge in [0.1, 0.15) is 5.94 Å². The number of hydrogen-bond acceptors (Lipinski definition) is 2. The van der Waals surface area contributed by atoms with Crippen LogP contribution < -0.4 is 0 Å². The standard InChI is InChI=1S/C9H7NO/c11-8-4-7-10-9-5-2-1-3-6-9/h1-7H. The molecule has 0 saturated carbocycles. The Labute approximate surface area is 64.9 Å². The van der Waals surface area contributed by atoms with Gasteiger partial charge in [0.05, 0.1) is 5.69 Å². The highest BCUT2D eigenvalue weighted by Crippen LogP contribution is 2.07. The third-order valence-electron chi connectivity index (χ3n) is 1.12. The van der Waals surface area contributed by atoms with E-state index < -0.39 is 0 Å². The van der Waals surface area contributed by atoms with Gasteiger partial charge >= 0.3 is 0 Å². The first-order chi connectivity index (χ1) is 5.43. The molecule has 0 heterocycles. The third-order valence-corrected chi connectivity index (χ3v) is 1.12. The zero-order chi connectivity index (χ0) is 7.94. The maximum Gasteiger partial charge on any atom is 0.126 e. The van der Waals surface area contributed by atoms with Crippen molar-refractivity contribution in [2.24, 2.45) is 4.99 Å². The molecule has 0 N–H and O–H groups in total. The van der Waals surface area contributed by atoms with Gasteiger partial charge in [0.15, 0.2) is 0 Å². The maximum atomic E-state index is 9.72. The summed E-state index contributed by atoms with van der Waals surface area (Å²) in [7, 11) is 0. The summed E-state index contributed by atoms with van der Waals surface area (Å²) in [6.45, 7) is 0. The van der Waals surface area contributed by atoms with E-state index in [1.54, 1.807) is 5.94 Å². The Kier molecular flexibility index (Phi) is 2.85. The van der Waals surface area contributed by atoms with Crippen molar-refractivity contribution in [3.8, 4) is 0 Å². The van der Waals surface area contributed by atoms with Gasteiger partial charge < -0.3 is 0 Å². The van der Waals surface area contributed by atoms with Gasteiger partial charge in [0, 0.05) is 12.3 Å². The van der Waals surface area contributed by atoms with Crippen molar-refractivity contribution in [1.82, 2.24) is 0 Å². The van der Waals surface area contributed by atoms with E-state index in [4.69, 9.17) is 0 Å². The molecule has 0 unspecified atom stereocenters. The smallest absolute Gasteiger partial charge is 0.126 e. The summed E-state index contributed by atoms with van der Waals surface area (Å²) in [5.41, 5.74) is 0.832. The first-order valence-corrected chi connectivity index (χ1v) is 3.22. The Hall–Kier alpha value is -1.66. The number of benzene rings is 1. The molecule has 1 aromatic carbocycles. The molecule has 11 heavy (non-hydrogen) atoms. The van der Waals surface area contributed by atoms with Gasteiger partial charge in [-0.25, -0.2) is 4.79 Å². The summed E-state index contributed by atoms with van der Waals surface area (Å²) in [6.07, 6.45) is 2.65. The second kappa shape index (κ2) is 4.20. The first kappa shape index (κ1) is 7.45. The molecule has 2 nitrogen and oxygen atoms in total. The molecule has 1 aromatic rings. The molecule has 0 atom stereocenters. The van der Waals surface area contributed by atoms with E-state index in [-0.39, 0.29) is 0 Å². The van der Waals surface area contributed by atoms with Crippen LogP contribution in [0.3, 0.4) is 0 Å². The van der Waals surface area contributed by atoms with Crippen LogP contribution >= 0.6 is 0 Å². The summed E-state index contributed by atoms with van der Waals surface area (Å²) in [5.74, 6) is 1.61. The van der Waals surface area contributed by atoms with Crippen LogP contribution in [-0.4, -0.2) is 12.2 Å². The van der Waals surface area contributed by atoms with Crippen LogP contribution in [-0.2, 0) is 4.79 Å². The number of carbonyl (C=O) groups excluding carboxylic acids is 1. The van der Waals surface area contributed by atoms with Crippen LogP contribution in [0.4, 0.5) is 5.69 Å². The average molecular weight is 145 g/mol. The molecule has 0 fully saturated rings. The monoisotopic (exact) mass is 145 g/mol. The second-order valence-corrected chi connectivity index (χ2v) is 1.90. The minimum atomic E-state index is 0.832. The van der Waals surface area contributed by atoms with Gasteiger partial charge in [-0.1, -0.05) is 18.2 Å². The summed E-state index contributed by atoms with van der Waals surface area (Å²) in [6, 6.07) is 9.40. The van der Waals surface area contributed by atoms with Crippen molar-refractivity contribution in [3.05, 3.63) is 36.4 Å². The highest BCUT2D eigenvalue weighted by atomic mass is 16.1. The predicted molar refractivity (Wildman–Crippen MR) is 44.9 cm³/mol. The lowest BCUT2D eigenvalue weighted by atomic mass is 10.3.